The average molecular weight is 610 g/mol. The summed E-state index contributed by atoms with van der Waals surface area (Å²) in [4.78, 5) is 13.0. The van der Waals surface area contributed by atoms with E-state index in [1.54, 1.807) is 25.1 Å². The third-order valence-corrected chi connectivity index (χ3v) is 8.47. The molecule has 0 amide bonds. The molecule has 3 aromatic carbocycles. The minimum atomic E-state index is -4.76. The molecule has 1 N–H and O–H groups in total. The largest absolute Gasteiger partial charge is 0.457 e. The van der Waals surface area contributed by atoms with Gasteiger partial charge in [0.1, 0.15) is 11.9 Å². The maximum atomic E-state index is 14.5. The molecule has 0 bridgehead atoms. The summed E-state index contributed by atoms with van der Waals surface area (Å²) in [7, 11) is -4.55. The number of sulfonamides is 1. The Morgan fingerprint density at radius 3 is 2.61 bits per heavy atom. The average Bonchev–Trinajstić information content (AvgIpc) is 3.32. The molecule has 1 aliphatic heterocycles. The first-order valence-corrected chi connectivity index (χ1v) is 13.8. The van der Waals surface area contributed by atoms with Crippen LogP contribution in [-0.4, -0.2) is 31.2 Å². The van der Waals surface area contributed by atoms with Crippen LogP contribution in [0.2, 0.25) is 5.02 Å². The Kier molecular flexibility index (Phi) is 7.43. The molecule has 5 rings (SSSR count). The third kappa shape index (κ3) is 5.86. The number of rotatable bonds is 6. The number of fused-ring (bicyclic) bond motifs is 1. The van der Waals surface area contributed by atoms with Crippen molar-refractivity contribution >= 4 is 39.0 Å². The van der Waals surface area contributed by atoms with E-state index in [0.29, 0.717) is 22.8 Å². The summed E-state index contributed by atoms with van der Waals surface area (Å²) in [5, 5.41) is 3.62. The molecule has 0 aliphatic carbocycles. The van der Waals surface area contributed by atoms with E-state index in [1.165, 1.54) is 24.3 Å². The maximum absolute atomic E-state index is 14.5. The maximum Gasteiger partial charge on any atom is 0.441 e. The Morgan fingerprint density at radius 1 is 1.17 bits per heavy atom. The quantitative estimate of drug-likeness (QED) is 0.214. The van der Waals surface area contributed by atoms with E-state index in [4.69, 9.17) is 16.3 Å². The number of nitrogens with one attached hydrogen (secondary N) is 1. The van der Waals surface area contributed by atoms with E-state index < -0.39 is 44.3 Å². The molecule has 4 aromatic rings. The lowest BCUT2D eigenvalue weighted by molar-refractivity contribution is -0.137. The summed E-state index contributed by atoms with van der Waals surface area (Å²) in [6.45, 7) is 1.31. The number of hydrogen-bond donors (Lipinski definition) is 1. The van der Waals surface area contributed by atoms with Crippen molar-refractivity contribution < 1.29 is 35.2 Å². The van der Waals surface area contributed by atoms with Crippen molar-refractivity contribution in [1.82, 2.24) is 10.1 Å². The van der Waals surface area contributed by atoms with Crippen LogP contribution >= 0.6 is 11.6 Å². The molecule has 0 fully saturated rings. The second-order valence-electron chi connectivity index (χ2n) is 9.22. The molecule has 8 nitrogen and oxygen atoms in total. The van der Waals surface area contributed by atoms with Crippen LogP contribution in [0.3, 0.4) is 0 Å². The monoisotopic (exact) mass is 609 g/mol. The first-order chi connectivity index (χ1) is 19.3. The smallest absolute Gasteiger partial charge is 0.441 e. The summed E-state index contributed by atoms with van der Waals surface area (Å²) < 4.78 is 93.3. The van der Waals surface area contributed by atoms with Gasteiger partial charge in [-0.05, 0) is 65.2 Å². The predicted molar refractivity (Wildman–Crippen MR) is 143 cm³/mol. The van der Waals surface area contributed by atoms with Crippen molar-refractivity contribution in [2.45, 2.75) is 30.5 Å². The van der Waals surface area contributed by atoms with Gasteiger partial charge in [-0.15, -0.1) is 0 Å². The molecule has 41 heavy (non-hydrogen) atoms. The van der Waals surface area contributed by atoms with Gasteiger partial charge in [0.05, 0.1) is 27.7 Å². The highest BCUT2D eigenvalue weighted by molar-refractivity contribution is 7.92. The molecule has 0 radical (unpaired) electrons. The molecular weight excluding hydrogens is 590 g/mol. The number of alkyl halides is 3. The standard InChI is InChI=1S/C27H20ClF4N3O5S/c1-15(24-21(28)6-3-7-22(24)29)10-16-8-9-17-12-19(39-25-33-26(36)40-34-25)14-35(23(17)11-16)41(37,38)20-5-2-4-18(13-20)27(30,31)32/h2-11,13,19H,12,14H2,1H3,(H,33,34,36)/t19-/m1/s1. The van der Waals surface area contributed by atoms with E-state index in [1.807, 2.05) is 0 Å². The van der Waals surface area contributed by atoms with Crippen LogP contribution in [0.15, 0.2) is 74.9 Å². The van der Waals surface area contributed by atoms with Crippen LogP contribution in [0.5, 0.6) is 6.01 Å². The van der Waals surface area contributed by atoms with Crippen molar-refractivity contribution in [3.63, 3.8) is 0 Å². The lowest BCUT2D eigenvalue weighted by Gasteiger charge is -2.35. The molecule has 1 aromatic heterocycles. The number of nitrogens with zero attached hydrogens (tertiary/aromatic N) is 2. The first-order valence-electron chi connectivity index (χ1n) is 12.0. The zero-order valence-corrected chi connectivity index (χ0v) is 22.6. The summed E-state index contributed by atoms with van der Waals surface area (Å²) in [6.07, 6.45) is -3.87. The topological polar surface area (TPSA) is 106 Å². The Bertz CT molecular complexity index is 1800. The zero-order chi connectivity index (χ0) is 29.5. The Labute approximate surface area is 235 Å². The number of benzene rings is 3. The molecule has 0 saturated carbocycles. The molecule has 0 unspecified atom stereocenters. The minimum Gasteiger partial charge on any atom is -0.457 e. The predicted octanol–water partition coefficient (Wildman–Crippen LogP) is 5.93. The second-order valence-corrected chi connectivity index (χ2v) is 11.5. The molecular formula is C27H20ClF4N3O5S. The summed E-state index contributed by atoms with van der Waals surface area (Å²) in [5.41, 5.74) is 0.684. The minimum absolute atomic E-state index is 0.168. The number of halogens is 5. The Balaban J connectivity index is 1.59. The van der Waals surface area contributed by atoms with Crippen LogP contribution in [-0.2, 0) is 22.6 Å². The van der Waals surface area contributed by atoms with Gasteiger partial charge in [0.25, 0.3) is 10.0 Å². The van der Waals surface area contributed by atoms with Crippen molar-refractivity contribution in [2.75, 3.05) is 10.8 Å². The van der Waals surface area contributed by atoms with E-state index in [-0.39, 0.29) is 35.2 Å². The summed E-state index contributed by atoms with van der Waals surface area (Å²) in [5.74, 6) is -1.42. The molecule has 214 valence electrons. The lowest BCUT2D eigenvalue weighted by Crippen LogP contribution is -2.45. The highest BCUT2D eigenvalue weighted by Gasteiger charge is 2.37. The SMILES string of the molecule is CC(=Cc1ccc2c(c1)N(S(=O)(=O)c1cccc(C(F)(F)F)c1)C[C@H](Oc1noc(=O)[nH]1)C2)c1c(F)cccc1Cl. The lowest BCUT2D eigenvalue weighted by atomic mass is 9.97. The van der Waals surface area contributed by atoms with Crippen molar-refractivity contribution in [2.24, 2.45) is 0 Å². The number of hydrogen-bond acceptors (Lipinski definition) is 6. The fourth-order valence-electron chi connectivity index (χ4n) is 4.56. The highest BCUT2D eigenvalue weighted by Crippen LogP contribution is 2.37. The fourth-order valence-corrected chi connectivity index (χ4v) is 6.44. The van der Waals surface area contributed by atoms with Gasteiger partial charge in [0, 0.05) is 12.0 Å². The number of allylic oxidation sites excluding steroid dienone is 1. The molecule has 2 heterocycles. The van der Waals surface area contributed by atoms with Gasteiger partial charge in [-0.25, -0.2) is 22.6 Å². The van der Waals surface area contributed by atoms with Crippen LogP contribution in [0.25, 0.3) is 11.6 Å². The number of anilines is 1. The van der Waals surface area contributed by atoms with Gasteiger partial charge in [-0.3, -0.25) is 8.83 Å². The number of aromatic amines is 1. The van der Waals surface area contributed by atoms with Gasteiger partial charge in [0.15, 0.2) is 0 Å². The van der Waals surface area contributed by atoms with Gasteiger partial charge >= 0.3 is 17.9 Å². The molecule has 14 heteroatoms. The number of H-pyrrole nitrogens is 1. The van der Waals surface area contributed by atoms with Crippen LogP contribution < -0.4 is 14.8 Å². The second kappa shape index (κ2) is 10.7. The van der Waals surface area contributed by atoms with Gasteiger partial charge in [-0.1, -0.05) is 41.9 Å². The van der Waals surface area contributed by atoms with Gasteiger partial charge in [-0.2, -0.15) is 13.2 Å². The molecule has 1 aliphatic rings. The Hall–Kier alpha value is -4.10. The zero-order valence-electron chi connectivity index (χ0n) is 21.1. The van der Waals surface area contributed by atoms with E-state index in [9.17, 15) is 30.8 Å². The number of ether oxygens (including phenoxy) is 1. The van der Waals surface area contributed by atoms with Gasteiger partial charge in [0.2, 0.25) is 0 Å². The third-order valence-electron chi connectivity index (χ3n) is 6.38. The normalized spacial score (nSPS) is 16.0. The van der Waals surface area contributed by atoms with Crippen LogP contribution in [0.1, 0.15) is 29.2 Å². The van der Waals surface area contributed by atoms with Crippen LogP contribution in [0, 0.1) is 5.82 Å². The molecule has 0 saturated heterocycles. The first kappa shape index (κ1) is 28.4. The van der Waals surface area contributed by atoms with E-state index in [2.05, 4.69) is 14.7 Å². The molecule has 0 spiro atoms. The van der Waals surface area contributed by atoms with Crippen molar-refractivity contribution in [3.8, 4) is 6.01 Å². The van der Waals surface area contributed by atoms with Crippen LogP contribution in [0.4, 0.5) is 23.2 Å². The van der Waals surface area contributed by atoms with E-state index in [0.717, 1.165) is 22.5 Å². The Morgan fingerprint density at radius 2 is 1.93 bits per heavy atom. The fraction of sp³-hybridized carbons (Fsp3) is 0.185. The summed E-state index contributed by atoms with van der Waals surface area (Å²) >= 11 is 6.19. The van der Waals surface area contributed by atoms with Gasteiger partial charge < -0.3 is 4.74 Å². The summed E-state index contributed by atoms with van der Waals surface area (Å²) in [6, 6.07) is 12.2. The van der Waals surface area contributed by atoms with E-state index >= 15 is 0 Å². The highest BCUT2D eigenvalue weighted by atomic mass is 35.5. The number of aromatic nitrogens is 2. The van der Waals surface area contributed by atoms with Crippen molar-refractivity contribution in [3.05, 3.63) is 104 Å². The molecule has 1 atom stereocenters. The van der Waals surface area contributed by atoms with Crippen molar-refractivity contribution in [1.29, 1.82) is 0 Å².